The van der Waals surface area contributed by atoms with E-state index in [9.17, 15) is 10.5 Å². The second-order valence-electron chi connectivity index (χ2n) is 8.02. The number of benzene rings is 1. The maximum atomic E-state index is 15.6. The molecule has 0 bridgehead atoms. The minimum absolute atomic E-state index is 0.0861. The molecule has 1 aromatic carbocycles. The number of hydrogen-bond donors (Lipinski definition) is 0. The highest BCUT2D eigenvalue weighted by Crippen LogP contribution is 2.49. The number of nitrogens with zero attached hydrogens (tertiary/aromatic N) is 5. The van der Waals surface area contributed by atoms with Crippen LogP contribution < -0.4 is 14.7 Å². The van der Waals surface area contributed by atoms with Crippen molar-refractivity contribution in [2.45, 2.75) is 57.0 Å². The lowest BCUT2D eigenvalue weighted by Gasteiger charge is -2.50. The summed E-state index contributed by atoms with van der Waals surface area (Å²) < 4.78 is 15.6. The molecule has 0 radical (unpaired) electrons. The van der Waals surface area contributed by atoms with Gasteiger partial charge in [-0.1, -0.05) is 12.8 Å². The molecule has 5 nitrogen and oxygen atoms in total. The minimum Gasteiger partial charge on any atom is -0.368 e. The lowest BCUT2D eigenvalue weighted by atomic mass is 9.84. The van der Waals surface area contributed by atoms with Gasteiger partial charge in [-0.2, -0.15) is 10.5 Å². The molecule has 0 aromatic heterocycles. The summed E-state index contributed by atoms with van der Waals surface area (Å²) in [6, 6.07) is 4.98. The lowest BCUT2D eigenvalue weighted by Crippen LogP contribution is -2.56. The van der Waals surface area contributed by atoms with Gasteiger partial charge in [0.25, 0.3) is 0 Å². The molecule has 4 rings (SSSR count). The number of fused-ring (bicyclic) bond motifs is 2. The number of likely N-dealkylation sites (N-methyl/N-ethyl adjacent to an activating group) is 2. The quantitative estimate of drug-likeness (QED) is 0.756. The maximum absolute atomic E-state index is 15.6. The van der Waals surface area contributed by atoms with E-state index in [0.29, 0.717) is 23.0 Å². The topological polar surface area (TPSA) is 57.3 Å². The molecule has 1 aromatic rings. The second kappa shape index (κ2) is 6.93. The van der Waals surface area contributed by atoms with Crippen LogP contribution in [-0.2, 0) is 0 Å². The van der Waals surface area contributed by atoms with E-state index >= 15 is 4.39 Å². The molecule has 2 unspecified atom stereocenters. The van der Waals surface area contributed by atoms with Gasteiger partial charge in [-0.05, 0) is 32.1 Å². The number of piperidine rings is 1. The molecule has 0 amide bonds. The van der Waals surface area contributed by atoms with Gasteiger partial charge < -0.3 is 14.7 Å². The van der Waals surface area contributed by atoms with Gasteiger partial charge in [-0.3, -0.25) is 0 Å². The van der Waals surface area contributed by atoms with E-state index in [2.05, 4.69) is 21.9 Å². The predicted molar refractivity (Wildman–Crippen MR) is 105 cm³/mol. The van der Waals surface area contributed by atoms with Crippen LogP contribution in [0.4, 0.5) is 21.5 Å². The molecule has 142 valence electrons. The van der Waals surface area contributed by atoms with Gasteiger partial charge in [-0.25, -0.2) is 4.39 Å². The smallest absolute Gasteiger partial charge is 0.167 e. The molecule has 2 heterocycles. The van der Waals surface area contributed by atoms with Gasteiger partial charge in [0, 0.05) is 39.3 Å². The molecule has 0 spiro atoms. The fourth-order valence-corrected chi connectivity index (χ4v) is 5.32. The van der Waals surface area contributed by atoms with Crippen LogP contribution in [0.25, 0.3) is 0 Å². The van der Waals surface area contributed by atoms with Gasteiger partial charge in [0.2, 0.25) is 0 Å². The Morgan fingerprint density at radius 1 is 0.778 bits per heavy atom. The van der Waals surface area contributed by atoms with Crippen LogP contribution >= 0.6 is 0 Å². The van der Waals surface area contributed by atoms with Crippen LogP contribution in [-0.4, -0.2) is 39.3 Å². The zero-order valence-corrected chi connectivity index (χ0v) is 16.1. The van der Waals surface area contributed by atoms with Gasteiger partial charge in [-0.15, -0.1) is 0 Å². The summed E-state index contributed by atoms with van der Waals surface area (Å²) >= 11 is 0. The van der Waals surface area contributed by atoms with Gasteiger partial charge in [0.1, 0.15) is 23.3 Å². The third-order valence-electron chi connectivity index (χ3n) is 6.65. The molecule has 27 heavy (non-hydrogen) atoms. The Hall–Kier alpha value is -2.47. The molecule has 1 aliphatic carbocycles. The normalized spacial score (nSPS) is 24.7. The first-order valence-electron chi connectivity index (χ1n) is 10.0. The van der Waals surface area contributed by atoms with Crippen LogP contribution in [0.5, 0.6) is 0 Å². The molecular weight excluding hydrogens is 341 g/mol. The molecule has 1 saturated carbocycles. The summed E-state index contributed by atoms with van der Waals surface area (Å²) in [6.07, 6.45) is 7.52. The molecule has 2 aliphatic heterocycles. The van der Waals surface area contributed by atoms with Gasteiger partial charge in [0.15, 0.2) is 5.82 Å². The molecule has 1 saturated heterocycles. The summed E-state index contributed by atoms with van der Waals surface area (Å²) in [5.41, 5.74) is 2.14. The molecule has 2 fully saturated rings. The summed E-state index contributed by atoms with van der Waals surface area (Å²) in [4.78, 5) is 6.20. The highest BCUT2D eigenvalue weighted by molar-refractivity contribution is 5.91. The Kier molecular flexibility index (Phi) is 4.60. The lowest BCUT2D eigenvalue weighted by molar-refractivity contribution is 0.353. The van der Waals surface area contributed by atoms with Crippen molar-refractivity contribution in [2.24, 2.45) is 0 Å². The molecule has 0 N–H and O–H groups in total. The van der Waals surface area contributed by atoms with Crippen LogP contribution in [0, 0.1) is 28.5 Å². The van der Waals surface area contributed by atoms with Crippen LogP contribution in [0.15, 0.2) is 0 Å². The summed E-state index contributed by atoms with van der Waals surface area (Å²) in [5.74, 6) is -0.524. The molecule has 6 heteroatoms. The van der Waals surface area contributed by atoms with E-state index < -0.39 is 5.82 Å². The van der Waals surface area contributed by atoms with Gasteiger partial charge in [0.05, 0.1) is 17.1 Å². The van der Waals surface area contributed by atoms with E-state index in [1.807, 2.05) is 19.0 Å². The first-order valence-corrected chi connectivity index (χ1v) is 10.0. The first-order chi connectivity index (χ1) is 13.1. The van der Waals surface area contributed by atoms with Crippen LogP contribution in [0.2, 0.25) is 0 Å². The number of anilines is 3. The van der Waals surface area contributed by atoms with Crippen molar-refractivity contribution >= 4 is 17.1 Å². The van der Waals surface area contributed by atoms with Crippen molar-refractivity contribution in [3.63, 3.8) is 0 Å². The van der Waals surface area contributed by atoms with Crippen molar-refractivity contribution in [1.82, 2.24) is 0 Å². The first kappa shape index (κ1) is 17.9. The standard InChI is InChI=1S/C21H26FN5/c1-25-16-8-4-5-9-17(16)26(2)21-15(13-24)19(27-10-6-3-7-11-27)18(22)14(12-23)20(21)25/h16-17H,3-11H2,1-2H3. The Labute approximate surface area is 160 Å². The second-order valence-corrected chi connectivity index (χ2v) is 8.02. The van der Waals surface area contributed by atoms with Gasteiger partial charge >= 0.3 is 0 Å². The summed E-state index contributed by atoms with van der Waals surface area (Å²) in [5, 5.41) is 19.8. The Bertz CT molecular complexity index is 831. The Morgan fingerprint density at radius 3 is 1.81 bits per heavy atom. The average Bonchev–Trinajstić information content (AvgIpc) is 2.71. The van der Waals surface area contributed by atoms with Crippen molar-refractivity contribution in [3.8, 4) is 12.1 Å². The number of halogens is 1. The Balaban J connectivity index is 1.97. The van der Waals surface area contributed by atoms with E-state index in [1.54, 1.807) is 0 Å². The molecular formula is C21H26FN5. The molecule has 2 atom stereocenters. The SMILES string of the molecule is CN1c2c(C#N)c(F)c(N3CCCCC3)c(C#N)c2N(C)C2CCCCC21. The third kappa shape index (κ3) is 2.62. The Morgan fingerprint density at radius 2 is 1.30 bits per heavy atom. The number of rotatable bonds is 1. The van der Waals surface area contributed by atoms with Crippen LogP contribution in [0.3, 0.4) is 0 Å². The highest BCUT2D eigenvalue weighted by atomic mass is 19.1. The fourth-order valence-electron chi connectivity index (χ4n) is 5.32. The maximum Gasteiger partial charge on any atom is 0.167 e. The van der Waals surface area contributed by atoms with E-state index in [4.69, 9.17) is 0 Å². The molecule has 3 aliphatic rings. The van der Waals surface area contributed by atoms with E-state index in [1.165, 1.54) is 6.42 Å². The van der Waals surface area contributed by atoms with Crippen molar-refractivity contribution in [1.29, 1.82) is 10.5 Å². The van der Waals surface area contributed by atoms with E-state index in [0.717, 1.165) is 57.3 Å². The zero-order chi connectivity index (χ0) is 19.1. The zero-order valence-electron chi connectivity index (χ0n) is 16.1. The van der Waals surface area contributed by atoms with Crippen LogP contribution in [0.1, 0.15) is 56.1 Å². The van der Waals surface area contributed by atoms with Crippen molar-refractivity contribution < 1.29 is 4.39 Å². The highest BCUT2D eigenvalue weighted by Gasteiger charge is 2.42. The summed E-state index contributed by atoms with van der Waals surface area (Å²) in [7, 11) is 3.96. The van der Waals surface area contributed by atoms with Crippen molar-refractivity contribution in [2.75, 3.05) is 41.9 Å². The largest absolute Gasteiger partial charge is 0.368 e. The predicted octanol–water partition coefficient (Wildman–Crippen LogP) is 3.76. The van der Waals surface area contributed by atoms with E-state index in [-0.39, 0.29) is 11.6 Å². The number of nitriles is 2. The minimum atomic E-state index is -0.524. The summed E-state index contributed by atoms with van der Waals surface area (Å²) in [6.45, 7) is 1.47. The fraction of sp³-hybridized carbons (Fsp3) is 0.619. The monoisotopic (exact) mass is 367 g/mol. The average molecular weight is 367 g/mol. The van der Waals surface area contributed by atoms with Crippen molar-refractivity contribution in [3.05, 3.63) is 16.9 Å². The number of hydrogen-bond acceptors (Lipinski definition) is 5. The third-order valence-corrected chi connectivity index (χ3v) is 6.65.